The van der Waals surface area contributed by atoms with Gasteiger partial charge in [0.1, 0.15) is 0 Å². The SMILES string of the molecule is O=C(O)Cc1ccc(-c2ccc3c(c2)ncn3C2CCOCC2)cc1. The minimum absolute atomic E-state index is 0.0504. The Morgan fingerprint density at radius 3 is 2.56 bits per heavy atom. The molecule has 0 bridgehead atoms. The Hall–Kier alpha value is -2.66. The summed E-state index contributed by atoms with van der Waals surface area (Å²) in [5.74, 6) is -0.812. The molecule has 1 aromatic heterocycles. The predicted octanol–water partition coefficient (Wildman–Crippen LogP) is 3.68. The van der Waals surface area contributed by atoms with E-state index >= 15 is 0 Å². The van der Waals surface area contributed by atoms with E-state index in [-0.39, 0.29) is 6.42 Å². The van der Waals surface area contributed by atoms with Crippen molar-refractivity contribution in [1.29, 1.82) is 0 Å². The fourth-order valence-corrected chi connectivity index (χ4v) is 3.46. The Bertz CT molecular complexity index is 893. The third-order valence-corrected chi connectivity index (χ3v) is 4.80. The maximum atomic E-state index is 10.8. The van der Waals surface area contributed by atoms with Gasteiger partial charge in [-0.1, -0.05) is 30.3 Å². The fraction of sp³-hybridized carbons (Fsp3) is 0.300. The summed E-state index contributed by atoms with van der Waals surface area (Å²) in [4.78, 5) is 15.4. The molecule has 1 N–H and O–H groups in total. The van der Waals surface area contributed by atoms with Gasteiger partial charge < -0.3 is 14.4 Å². The average Bonchev–Trinajstić information content (AvgIpc) is 3.06. The van der Waals surface area contributed by atoms with Crippen LogP contribution in [0.1, 0.15) is 24.4 Å². The van der Waals surface area contributed by atoms with Crippen molar-refractivity contribution in [3.63, 3.8) is 0 Å². The largest absolute Gasteiger partial charge is 0.481 e. The molecular formula is C20H20N2O3. The summed E-state index contributed by atoms with van der Waals surface area (Å²) in [6.45, 7) is 1.62. The normalized spacial score (nSPS) is 15.5. The molecule has 2 heterocycles. The number of hydrogen-bond donors (Lipinski definition) is 1. The van der Waals surface area contributed by atoms with E-state index in [2.05, 4.69) is 27.8 Å². The standard InChI is InChI=1S/C20H20N2O3/c23-20(24)11-14-1-3-15(4-2-14)16-5-6-19-18(12-16)21-13-22(19)17-7-9-25-10-8-17/h1-6,12-13,17H,7-11H2,(H,23,24). The molecule has 0 atom stereocenters. The number of rotatable bonds is 4. The molecule has 5 heteroatoms. The Kier molecular flexibility index (Phi) is 4.24. The molecule has 128 valence electrons. The van der Waals surface area contributed by atoms with Gasteiger partial charge >= 0.3 is 5.97 Å². The molecule has 25 heavy (non-hydrogen) atoms. The van der Waals surface area contributed by atoms with Crippen LogP contribution >= 0.6 is 0 Å². The summed E-state index contributed by atoms with van der Waals surface area (Å²) in [6.07, 6.45) is 4.03. The lowest BCUT2D eigenvalue weighted by Crippen LogP contribution is -2.18. The number of aliphatic carboxylic acids is 1. The van der Waals surface area contributed by atoms with E-state index in [1.54, 1.807) is 0 Å². The lowest BCUT2D eigenvalue weighted by molar-refractivity contribution is -0.136. The van der Waals surface area contributed by atoms with E-state index in [0.29, 0.717) is 6.04 Å². The molecule has 2 aromatic carbocycles. The van der Waals surface area contributed by atoms with Crippen molar-refractivity contribution in [2.75, 3.05) is 13.2 Å². The van der Waals surface area contributed by atoms with Crippen molar-refractivity contribution in [3.05, 3.63) is 54.4 Å². The molecule has 1 fully saturated rings. The van der Waals surface area contributed by atoms with Gasteiger partial charge in [0.15, 0.2) is 0 Å². The van der Waals surface area contributed by atoms with Crippen LogP contribution < -0.4 is 0 Å². The monoisotopic (exact) mass is 336 g/mol. The molecule has 4 rings (SSSR count). The van der Waals surface area contributed by atoms with Crippen molar-refractivity contribution in [2.24, 2.45) is 0 Å². The molecule has 0 saturated carbocycles. The first-order valence-electron chi connectivity index (χ1n) is 8.56. The van der Waals surface area contributed by atoms with E-state index in [9.17, 15) is 4.79 Å². The van der Waals surface area contributed by atoms with Crippen LogP contribution in [0.3, 0.4) is 0 Å². The first-order chi connectivity index (χ1) is 12.2. The Labute approximate surface area is 145 Å². The summed E-state index contributed by atoms with van der Waals surface area (Å²) < 4.78 is 7.71. The second kappa shape index (κ2) is 6.69. The Balaban J connectivity index is 1.62. The number of nitrogens with zero attached hydrogens (tertiary/aromatic N) is 2. The van der Waals surface area contributed by atoms with Gasteiger partial charge in [0.05, 0.1) is 23.8 Å². The number of carbonyl (C=O) groups is 1. The van der Waals surface area contributed by atoms with E-state index < -0.39 is 5.97 Å². The molecule has 0 aliphatic carbocycles. The van der Waals surface area contributed by atoms with E-state index in [4.69, 9.17) is 9.84 Å². The van der Waals surface area contributed by atoms with Crippen LogP contribution in [0.5, 0.6) is 0 Å². The first-order valence-corrected chi connectivity index (χ1v) is 8.56. The van der Waals surface area contributed by atoms with Gasteiger partial charge in [-0.15, -0.1) is 0 Å². The van der Waals surface area contributed by atoms with Crippen LogP contribution in [0.25, 0.3) is 22.2 Å². The van der Waals surface area contributed by atoms with Gasteiger partial charge in [0.2, 0.25) is 0 Å². The summed E-state index contributed by atoms with van der Waals surface area (Å²) >= 11 is 0. The smallest absolute Gasteiger partial charge is 0.307 e. The van der Waals surface area contributed by atoms with Crippen LogP contribution in [0, 0.1) is 0 Å². The Morgan fingerprint density at radius 2 is 1.84 bits per heavy atom. The summed E-state index contributed by atoms with van der Waals surface area (Å²) in [5, 5.41) is 8.86. The summed E-state index contributed by atoms with van der Waals surface area (Å²) in [5.41, 5.74) is 5.10. The maximum Gasteiger partial charge on any atom is 0.307 e. The predicted molar refractivity (Wildman–Crippen MR) is 95.6 cm³/mol. The van der Waals surface area contributed by atoms with Crippen LogP contribution in [-0.4, -0.2) is 33.8 Å². The lowest BCUT2D eigenvalue weighted by atomic mass is 10.0. The number of benzene rings is 2. The van der Waals surface area contributed by atoms with Gasteiger partial charge in [-0.2, -0.15) is 0 Å². The van der Waals surface area contributed by atoms with Crippen LogP contribution in [0.4, 0.5) is 0 Å². The molecule has 1 aliphatic rings. The van der Waals surface area contributed by atoms with Crippen molar-refractivity contribution >= 4 is 17.0 Å². The highest BCUT2D eigenvalue weighted by atomic mass is 16.5. The molecule has 5 nitrogen and oxygen atoms in total. The third-order valence-electron chi connectivity index (χ3n) is 4.80. The van der Waals surface area contributed by atoms with Crippen molar-refractivity contribution in [2.45, 2.75) is 25.3 Å². The minimum Gasteiger partial charge on any atom is -0.481 e. The van der Waals surface area contributed by atoms with Crippen molar-refractivity contribution < 1.29 is 14.6 Å². The quantitative estimate of drug-likeness (QED) is 0.789. The highest BCUT2D eigenvalue weighted by Crippen LogP contribution is 2.28. The number of carboxylic acids is 1. The second-order valence-electron chi connectivity index (χ2n) is 6.47. The van der Waals surface area contributed by atoms with Crippen LogP contribution in [-0.2, 0) is 16.0 Å². The number of carboxylic acid groups (broad SMARTS) is 1. The van der Waals surface area contributed by atoms with Gasteiger partial charge in [0, 0.05) is 19.3 Å². The van der Waals surface area contributed by atoms with Gasteiger partial charge in [-0.25, -0.2) is 4.98 Å². The maximum absolute atomic E-state index is 10.8. The molecule has 3 aromatic rings. The van der Waals surface area contributed by atoms with E-state index in [0.717, 1.165) is 53.8 Å². The van der Waals surface area contributed by atoms with E-state index in [1.807, 2.05) is 30.6 Å². The van der Waals surface area contributed by atoms with Crippen LogP contribution in [0.15, 0.2) is 48.8 Å². The van der Waals surface area contributed by atoms with Crippen molar-refractivity contribution in [3.8, 4) is 11.1 Å². The molecular weight excluding hydrogens is 316 g/mol. The van der Waals surface area contributed by atoms with Gasteiger partial charge in [-0.3, -0.25) is 4.79 Å². The number of fused-ring (bicyclic) bond motifs is 1. The highest BCUT2D eigenvalue weighted by Gasteiger charge is 2.17. The molecule has 0 radical (unpaired) electrons. The number of aromatic nitrogens is 2. The first kappa shape index (κ1) is 15.8. The average molecular weight is 336 g/mol. The minimum atomic E-state index is -0.812. The molecule has 0 unspecified atom stereocenters. The number of hydrogen-bond acceptors (Lipinski definition) is 3. The Morgan fingerprint density at radius 1 is 1.12 bits per heavy atom. The molecule has 1 saturated heterocycles. The molecule has 1 aliphatic heterocycles. The zero-order valence-electron chi connectivity index (χ0n) is 13.9. The van der Waals surface area contributed by atoms with Crippen molar-refractivity contribution in [1.82, 2.24) is 9.55 Å². The van der Waals surface area contributed by atoms with Gasteiger partial charge in [0.25, 0.3) is 0 Å². The summed E-state index contributed by atoms with van der Waals surface area (Å²) in [6, 6.07) is 14.5. The zero-order chi connectivity index (χ0) is 17.2. The second-order valence-corrected chi connectivity index (χ2v) is 6.47. The number of imidazole rings is 1. The fourth-order valence-electron chi connectivity index (χ4n) is 3.46. The lowest BCUT2D eigenvalue weighted by Gasteiger charge is -2.23. The third kappa shape index (κ3) is 3.28. The zero-order valence-corrected chi connectivity index (χ0v) is 13.9. The summed E-state index contributed by atoms with van der Waals surface area (Å²) in [7, 11) is 0. The van der Waals surface area contributed by atoms with Gasteiger partial charge in [-0.05, 0) is 41.7 Å². The molecule has 0 amide bonds. The highest BCUT2D eigenvalue weighted by molar-refractivity contribution is 5.82. The topological polar surface area (TPSA) is 64.3 Å². The number of ether oxygens (including phenoxy) is 1. The molecule has 0 spiro atoms. The van der Waals surface area contributed by atoms with E-state index in [1.165, 1.54) is 0 Å². The van der Waals surface area contributed by atoms with Crippen LogP contribution in [0.2, 0.25) is 0 Å².